The third-order valence-electron chi connectivity index (χ3n) is 3.84. The van der Waals surface area contributed by atoms with E-state index >= 15 is 0 Å². The van der Waals surface area contributed by atoms with Gasteiger partial charge in [0.15, 0.2) is 0 Å². The Morgan fingerprint density at radius 3 is 2.81 bits per heavy atom. The summed E-state index contributed by atoms with van der Waals surface area (Å²) in [7, 11) is 0. The molecule has 0 aromatic heterocycles. The number of carbonyl (C=O) groups is 1. The number of amides is 1. The molecule has 2 heterocycles. The molecule has 1 N–H and O–H groups in total. The van der Waals surface area contributed by atoms with Crippen molar-refractivity contribution in [3.05, 3.63) is 0 Å². The van der Waals surface area contributed by atoms with E-state index in [2.05, 4.69) is 0 Å². The van der Waals surface area contributed by atoms with Gasteiger partial charge in [-0.05, 0) is 40.0 Å². The Labute approximate surface area is 126 Å². The van der Waals surface area contributed by atoms with Crippen molar-refractivity contribution in [2.24, 2.45) is 0 Å². The lowest BCUT2D eigenvalue weighted by molar-refractivity contribution is -0.211. The summed E-state index contributed by atoms with van der Waals surface area (Å²) in [6.07, 6.45) is 1.87. The Kier molecular flexibility index (Phi) is 5.11. The minimum absolute atomic E-state index is 0.0302. The molecule has 2 rings (SSSR count). The van der Waals surface area contributed by atoms with Crippen LogP contribution in [0.15, 0.2) is 0 Å². The van der Waals surface area contributed by atoms with Gasteiger partial charge in [-0.25, -0.2) is 4.79 Å². The molecule has 2 aliphatic heterocycles. The van der Waals surface area contributed by atoms with Crippen LogP contribution in [0.4, 0.5) is 4.79 Å². The number of nitrogens with zero attached hydrogens (tertiary/aromatic N) is 1. The molecule has 6 heteroatoms. The Bertz CT molecular complexity index is 368. The van der Waals surface area contributed by atoms with Crippen LogP contribution >= 0.6 is 0 Å². The van der Waals surface area contributed by atoms with Crippen LogP contribution in [0.3, 0.4) is 0 Å². The second kappa shape index (κ2) is 6.50. The Hall–Kier alpha value is -0.850. The van der Waals surface area contributed by atoms with Crippen molar-refractivity contribution in [1.82, 2.24) is 4.90 Å². The van der Waals surface area contributed by atoms with E-state index in [4.69, 9.17) is 14.2 Å². The standard InChI is InChI=1S/C15H27NO5/c1-14(2,3)21-13(18)16-7-4-5-15(6-8-16)11-19-10-12(9-17)20-15/h12,17H,4-11H2,1-3H3. The molecule has 0 aromatic carbocycles. The highest BCUT2D eigenvalue weighted by atomic mass is 16.6. The van der Waals surface area contributed by atoms with Gasteiger partial charge in [-0.2, -0.15) is 0 Å². The predicted molar refractivity (Wildman–Crippen MR) is 77.2 cm³/mol. The monoisotopic (exact) mass is 301 g/mol. The first kappa shape index (κ1) is 16.5. The summed E-state index contributed by atoms with van der Waals surface area (Å²) in [6.45, 7) is 7.81. The van der Waals surface area contributed by atoms with Crippen molar-refractivity contribution < 1.29 is 24.1 Å². The minimum Gasteiger partial charge on any atom is -0.444 e. The molecule has 0 saturated carbocycles. The van der Waals surface area contributed by atoms with Crippen LogP contribution in [0.2, 0.25) is 0 Å². The second-order valence-corrected chi connectivity index (χ2v) is 6.94. The number of carbonyl (C=O) groups excluding carboxylic acids is 1. The molecule has 0 aliphatic carbocycles. The van der Waals surface area contributed by atoms with Crippen LogP contribution in [0.25, 0.3) is 0 Å². The zero-order valence-corrected chi connectivity index (χ0v) is 13.3. The van der Waals surface area contributed by atoms with E-state index in [-0.39, 0.29) is 24.4 Å². The van der Waals surface area contributed by atoms with E-state index in [9.17, 15) is 9.90 Å². The van der Waals surface area contributed by atoms with Crippen molar-refractivity contribution in [2.45, 2.75) is 57.3 Å². The Morgan fingerprint density at radius 2 is 2.14 bits per heavy atom. The average molecular weight is 301 g/mol. The maximum atomic E-state index is 12.1. The van der Waals surface area contributed by atoms with Crippen LogP contribution < -0.4 is 0 Å². The summed E-state index contributed by atoms with van der Waals surface area (Å²) in [4.78, 5) is 13.9. The second-order valence-electron chi connectivity index (χ2n) is 6.94. The highest BCUT2D eigenvalue weighted by Crippen LogP contribution is 2.31. The Morgan fingerprint density at radius 1 is 1.38 bits per heavy atom. The molecular formula is C15H27NO5. The zero-order valence-electron chi connectivity index (χ0n) is 13.3. The summed E-state index contributed by atoms with van der Waals surface area (Å²) in [6, 6.07) is 0. The van der Waals surface area contributed by atoms with Gasteiger partial charge in [0.05, 0.1) is 25.4 Å². The van der Waals surface area contributed by atoms with Crippen LogP contribution in [0, 0.1) is 0 Å². The molecule has 0 radical (unpaired) electrons. The number of aliphatic hydroxyl groups excluding tert-OH is 1. The van der Waals surface area contributed by atoms with Crippen molar-refractivity contribution >= 4 is 6.09 Å². The van der Waals surface area contributed by atoms with Gasteiger partial charge < -0.3 is 24.2 Å². The molecule has 21 heavy (non-hydrogen) atoms. The molecule has 2 atom stereocenters. The van der Waals surface area contributed by atoms with Crippen molar-refractivity contribution in [2.75, 3.05) is 32.9 Å². The highest BCUT2D eigenvalue weighted by molar-refractivity contribution is 5.68. The maximum Gasteiger partial charge on any atom is 0.410 e. The van der Waals surface area contributed by atoms with E-state index in [1.54, 1.807) is 4.90 Å². The van der Waals surface area contributed by atoms with Crippen LogP contribution in [0.5, 0.6) is 0 Å². The molecule has 0 aromatic rings. The molecule has 6 nitrogen and oxygen atoms in total. The summed E-state index contributed by atoms with van der Waals surface area (Å²) >= 11 is 0. The molecule has 122 valence electrons. The van der Waals surface area contributed by atoms with Gasteiger partial charge in [0.25, 0.3) is 0 Å². The number of likely N-dealkylation sites (tertiary alicyclic amines) is 1. The third-order valence-corrected chi connectivity index (χ3v) is 3.84. The minimum atomic E-state index is -0.479. The van der Waals surface area contributed by atoms with Crippen LogP contribution in [0.1, 0.15) is 40.0 Å². The highest BCUT2D eigenvalue weighted by Gasteiger charge is 2.40. The molecule has 2 fully saturated rings. The van der Waals surface area contributed by atoms with E-state index in [0.29, 0.717) is 32.7 Å². The lowest BCUT2D eigenvalue weighted by Gasteiger charge is -2.40. The van der Waals surface area contributed by atoms with Crippen molar-refractivity contribution in [3.8, 4) is 0 Å². The van der Waals surface area contributed by atoms with E-state index in [1.807, 2.05) is 20.8 Å². The van der Waals surface area contributed by atoms with Gasteiger partial charge in [0.2, 0.25) is 0 Å². The normalized spacial score (nSPS) is 31.0. The Balaban J connectivity index is 1.94. The fourth-order valence-electron chi connectivity index (χ4n) is 2.83. The van der Waals surface area contributed by atoms with Gasteiger partial charge in [0.1, 0.15) is 11.7 Å². The summed E-state index contributed by atoms with van der Waals surface area (Å²) < 4.78 is 17.0. The summed E-state index contributed by atoms with van der Waals surface area (Å²) in [5, 5.41) is 9.25. The fourth-order valence-corrected chi connectivity index (χ4v) is 2.83. The third kappa shape index (κ3) is 4.56. The molecule has 1 spiro atoms. The first-order valence-electron chi connectivity index (χ1n) is 7.68. The number of hydrogen-bond acceptors (Lipinski definition) is 5. The fraction of sp³-hybridized carbons (Fsp3) is 0.933. The van der Waals surface area contributed by atoms with E-state index in [0.717, 1.165) is 12.8 Å². The molecule has 2 aliphatic rings. The maximum absolute atomic E-state index is 12.1. The molecule has 2 saturated heterocycles. The van der Waals surface area contributed by atoms with Crippen LogP contribution in [-0.2, 0) is 14.2 Å². The SMILES string of the molecule is CC(C)(C)OC(=O)N1CCCC2(CC1)COCC(CO)O2. The van der Waals surface area contributed by atoms with Gasteiger partial charge >= 0.3 is 6.09 Å². The van der Waals surface area contributed by atoms with Crippen molar-refractivity contribution in [3.63, 3.8) is 0 Å². The number of rotatable bonds is 1. The van der Waals surface area contributed by atoms with Gasteiger partial charge in [-0.1, -0.05) is 0 Å². The van der Waals surface area contributed by atoms with Crippen molar-refractivity contribution in [1.29, 1.82) is 0 Å². The largest absolute Gasteiger partial charge is 0.444 e. The number of ether oxygens (including phenoxy) is 3. The first-order chi connectivity index (χ1) is 9.84. The smallest absolute Gasteiger partial charge is 0.410 e. The molecule has 1 amide bonds. The molecule has 0 bridgehead atoms. The summed E-state index contributed by atoms with van der Waals surface area (Å²) in [5.74, 6) is 0. The quantitative estimate of drug-likeness (QED) is 0.796. The predicted octanol–water partition coefficient (Wildman–Crippen LogP) is 1.55. The van der Waals surface area contributed by atoms with E-state index < -0.39 is 5.60 Å². The van der Waals surface area contributed by atoms with Crippen LogP contribution in [-0.4, -0.2) is 66.3 Å². The topological polar surface area (TPSA) is 68.2 Å². The lowest BCUT2D eigenvalue weighted by Crippen LogP contribution is -2.49. The average Bonchev–Trinajstić information content (AvgIpc) is 2.60. The summed E-state index contributed by atoms with van der Waals surface area (Å²) in [5.41, 5.74) is -0.851. The lowest BCUT2D eigenvalue weighted by atomic mass is 9.94. The van der Waals surface area contributed by atoms with E-state index in [1.165, 1.54) is 0 Å². The van der Waals surface area contributed by atoms with Gasteiger partial charge in [-0.3, -0.25) is 0 Å². The zero-order chi connectivity index (χ0) is 15.5. The molecular weight excluding hydrogens is 274 g/mol. The number of aliphatic hydroxyl groups is 1. The first-order valence-corrected chi connectivity index (χ1v) is 7.68. The number of hydrogen-bond donors (Lipinski definition) is 1. The molecule has 2 unspecified atom stereocenters. The van der Waals surface area contributed by atoms with Gasteiger partial charge in [-0.15, -0.1) is 0 Å². The van der Waals surface area contributed by atoms with Gasteiger partial charge in [0, 0.05) is 13.1 Å².